The number of carbonyl (C=O) groups is 1. The largest absolute Gasteiger partial charge is 0.492 e. The van der Waals surface area contributed by atoms with E-state index in [0.29, 0.717) is 23.1 Å². The SMILES string of the molecule is CCCOc1ccc(/N=c2\[nH]c(=O)n(C[C@H](C)C(=O)O)c(=O)n2Cc2ccc(C)cc2)cc1Cl. The van der Waals surface area contributed by atoms with Gasteiger partial charge in [0.2, 0.25) is 5.62 Å². The summed E-state index contributed by atoms with van der Waals surface area (Å²) in [6, 6.07) is 12.5. The van der Waals surface area contributed by atoms with E-state index in [-0.39, 0.29) is 18.7 Å². The van der Waals surface area contributed by atoms with Gasteiger partial charge in [-0.1, -0.05) is 55.3 Å². The van der Waals surface area contributed by atoms with Crippen LogP contribution >= 0.6 is 11.6 Å². The Bertz CT molecular complexity index is 1360. The molecule has 1 aromatic heterocycles. The fourth-order valence-electron chi connectivity index (χ4n) is 3.18. The van der Waals surface area contributed by atoms with Gasteiger partial charge in [0.1, 0.15) is 5.75 Å². The maximum absolute atomic E-state index is 13.3. The first-order chi connectivity index (χ1) is 16.2. The molecule has 0 bridgehead atoms. The summed E-state index contributed by atoms with van der Waals surface area (Å²) in [6.07, 6.45) is 0.833. The number of aryl methyl sites for hydroxylation is 1. The van der Waals surface area contributed by atoms with E-state index in [9.17, 15) is 19.5 Å². The minimum atomic E-state index is -1.11. The Morgan fingerprint density at radius 3 is 2.50 bits per heavy atom. The van der Waals surface area contributed by atoms with Crippen LogP contribution in [-0.2, 0) is 17.9 Å². The highest BCUT2D eigenvalue weighted by Gasteiger charge is 2.17. The quantitative estimate of drug-likeness (QED) is 0.481. The normalized spacial score (nSPS) is 12.5. The van der Waals surface area contributed by atoms with Crippen LogP contribution in [0.2, 0.25) is 5.02 Å². The number of benzene rings is 2. The molecule has 10 heteroatoms. The van der Waals surface area contributed by atoms with Gasteiger partial charge in [-0.05, 0) is 37.1 Å². The smallest absolute Gasteiger partial charge is 0.335 e. The molecule has 0 radical (unpaired) electrons. The fraction of sp³-hybridized carbons (Fsp3) is 0.333. The van der Waals surface area contributed by atoms with Gasteiger partial charge in [0.05, 0.1) is 29.8 Å². The van der Waals surface area contributed by atoms with Crippen molar-refractivity contribution in [3.8, 4) is 5.75 Å². The van der Waals surface area contributed by atoms with Crippen molar-refractivity contribution >= 4 is 23.3 Å². The van der Waals surface area contributed by atoms with Gasteiger partial charge in [0.15, 0.2) is 0 Å². The molecule has 1 heterocycles. The zero-order valence-electron chi connectivity index (χ0n) is 19.2. The molecule has 0 aliphatic carbocycles. The van der Waals surface area contributed by atoms with Gasteiger partial charge in [-0.15, -0.1) is 0 Å². The molecule has 9 nitrogen and oxygen atoms in total. The number of hydrogen-bond acceptors (Lipinski definition) is 5. The molecule has 180 valence electrons. The lowest BCUT2D eigenvalue weighted by molar-refractivity contribution is -0.141. The van der Waals surface area contributed by atoms with Crippen molar-refractivity contribution in [3.63, 3.8) is 0 Å². The van der Waals surface area contributed by atoms with E-state index in [2.05, 4.69) is 9.98 Å². The summed E-state index contributed by atoms with van der Waals surface area (Å²) in [4.78, 5) is 44.3. The van der Waals surface area contributed by atoms with Crippen molar-refractivity contribution in [1.29, 1.82) is 0 Å². The van der Waals surface area contributed by atoms with E-state index in [0.717, 1.165) is 22.1 Å². The zero-order valence-corrected chi connectivity index (χ0v) is 20.0. The summed E-state index contributed by atoms with van der Waals surface area (Å²) in [6.45, 7) is 5.75. The van der Waals surface area contributed by atoms with E-state index in [1.807, 2.05) is 38.1 Å². The van der Waals surface area contributed by atoms with Crippen LogP contribution in [0.4, 0.5) is 5.69 Å². The van der Waals surface area contributed by atoms with E-state index >= 15 is 0 Å². The van der Waals surface area contributed by atoms with Crippen molar-refractivity contribution in [2.45, 2.75) is 40.3 Å². The molecular formula is C24H27ClN4O5. The number of aromatic nitrogens is 3. The Balaban J connectivity index is 2.14. The third-order valence-corrected chi connectivity index (χ3v) is 5.43. The highest BCUT2D eigenvalue weighted by Crippen LogP contribution is 2.28. The Labute approximate surface area is 200 Å². The third-order valence-electron chi connectivity index (χ3n) is 5.13. The maximum Gasteiger partial charge on any atom is 0.335 e. The molecule has 34 heavy (non-hydrogen) atoms. The van der Waals surface area contributed by atoms with Crippen LogP contribution in [0.15, 0.2) is 57.0 Å². The second kappa shape index (κ2) is 11.0. The van der Waals surface area contributed by atoms with Crippen molar-refractivity contribution in [1.82, 2.24) is 14.1 Å². The molecule has 0 amide bonds. The minimum Gasteiger partial charge on any atom is -0.492 e. The number of carboxylic acids is 1. The highest BCUT2D eigenvalue weighted by atomic mass is 35.5. The van der Waals surface area contributed by atoms with Crippen LogP contribution in [0.1, 0.15) is 31.4 Å². The average Bonchev–Trinajstić information content (AvgIpc) is 2.79. The monoisotopic (exact) mass is 486 g/mol. The average molecular weight is 487 g/mol. The number of nitrogens with one attached hydrogen (secondary N) is 1. The molecule has 0 spiro atoms. The van der Waals surface area contributed by atoms with Crippen molar-refractivity contribution < 1.29 is 14.6 Å². The predicted octanol–water partition coefficient (Wildman–Crippen LogP) is 3.09. The second-order valence-corrected chi connectivity index (χ2v) is 8.44. The van der Waals surface area contributed by atoms with Crippen LogP contribution in [0.25, 0.3) is 0 Å². The molecular weight excluding hydrogens is 460 g/mol. The lowest BCUT2D eigenvalue weighted by Gasteiger charge is -2.13. The summed E-state index contributed by atoms with van der Waals surface area (Å²) in [5.41, 5.74) is 0.908. The van der Waals surface area contributed by atoms with Crippen molar-refractivity contribution in [2.75, 3.05) is 6.61 Å². The number of hydrogen-bond donors (Lipinski definition) is 2. The standard InChI is InChI=1S/C24H27ClN4O5/c1-4-11-34-20-10-9-18(12-19(20)25)26-22-27-23(32)29(13-16(3)21(30)31)24(33)28(22)14-17-7-5-15(2)6-8-17/h5-10,12,16H,4,11,13-14H2,1-3H3,(H,30,31)(H,26,27,32)/t16-/m0/s1. The van der Waals surface area contributed by atoms with Gasteiger partial charge in [0.25, 0.3) is 0 Å². The summed E-state index contributed by atoms with van der Waals surface area (Å²) in [7, 11) is 0. The Morgan fingerprint density at radius 1 is 1.18 bits per heavy atom. The molecule has 0 saturated carbocycles. The van der Waals surface area contributed by atoms with E-state index in [4.69, 9.17) is 16.3 Å². The molecule has 2 aromatic carbocycles. The molecule has 1 atom stereocenters. The van der Waals surface area contributed by atoms with Crippen molar-refractivity contribution in [3.05, 3.63) is 85.2 Å². The van der Waals surface area contributed by atoms with Crippen LogP contribution in [0.5, 0.6) is 5.75 Å². The Kier molecular flexibility index (Phi) is 8.12. The molecule has 3 aromatic rings. The van der Waals surface area contributed by atoms with Crippen molar-refractivity contribution in [2.24, 2.45) is 10.9 Å². The molecule has 0 unspecified atom stereocenters. The van der Waals surface area contributed by atoms with E-state index in [1.54, 1.807) is 18.2 Å². The molecule has 0 aliphatic heterocycles. The number of aliphatic carboxylic acids is 1. The van der Waals surface area contributed by atoms with Crippen LogP contribution in [0, 0.1) is 12.8 Å². The first-order valence-corrected chi connectivity index (χ1v) is 11.3. The number of rotatable bonds is 9. The molecule has 0 aliphatic rings. The molecule has 3 rings (SSSR count). The Morgan fingerprint density at radius 2 is 1.88 bits per heavy atom. The van der Waals surface area contributed by atoms with Crippen LogP contribution in [0.3, 0.4) is 0 Å². The number of carboxylic acid groups (broad SMARTS) is 1. The van der Waals surface area contributed by atoms with E-state index in [1.165, 1.54) is 11.5 Å². The first kappa shape index (κ1) is 25.0. The summed E-state index contributed by atoms with van der Waals surface area (Å²) >= 11 is 6.31. The number of nitrogens with zero attached hydrogens (tertiary/aromatic N) is 3. The number of H-pyrrole nitrogens is 1. The van der Waals surface area contributed by atoms with Gasteiger partial charge in [-0.25, -0.2) is 19.1 Å². The molecule has 2 N–H and O–H groups in total. The third kappa shape index (κ3) is 6.05. The van der Waals surface area contributed by atoms with Gasteiger partial charge in [-0.2, -0.15) is 0 Å². The number of aromatic amines is 1. The van der Waals surface area contributed by atoms with Gasteiger partial charge in [-0.3, -0.25) is 14.3 Å². The minimum absolute atomic E-state index is 0.0214. The van der Waals surface area contributed by atoms with Crippen LogP contribution in [-0.4, -0.2) is 31.8 Å². The number of ether oxygens (including phenoxy) is 1. The van der Waals surface area contributed by atoms with Gasteiger partial charge < -0.3 is 9.84 Å². The summed E-state index contributed by atoms with van der Waals surface area (Å²) in [5, 5.41) is 9.58. The lowest BCUT2D eigenvalue weighted by Crippen LogP contribution is -2.51. The van der Waals surface area contributed by atoms with Gasteiger partial charge in [0, 0.05) is 6.54 Å². The van der Waals surface area contributed by atoms with E-state index < -0.39 is 23.3 Å². The summed E-state index contributed by atoms with van der Waals surface area (Å²) < 4.78 is 7.75. The van der Waals surface area contributed by atoms with Gasteiger partial charge >= 0.3 is 17.3 Å². The Hall–Kier alpha value is -3.59. The first-order valence-electron chi connectivity index (χ1n) is 10.9. The second-order valence-electron chi connectivity index (χ2n) is 8.03. The topological polar surface area (TPSA) is 119 Å². The number of halogens is 1. The fourth-order valence-corrected chi connectivity index (χ4v) is 3.41. The summed E-state index contributed by atoms with van der Waals surface area (Å²) in [5.74, 6) is -1.52. The predicted molar refractivity (Wildman–Crippen MR) is 129 cm³/mol. The maximum atomic E-state index is 13.3. The zero-order chi connectivity index (χ0) is 24.8. The molecule has 0 fully saturated rings. The molecule has 0 saturated heterocycles. The van der Waals surface area contributed by atoms with Crippen LogP contribution < -0.4 is 21.7 Å². The lowest BCUT2D eigenvalue weighted by atomic mass is 10.1. The highest BCUT2D eigenvalue weighted by molar-refractivity contribution is 6.32.